The third-order valence-corrected chi connectivity index (χ3v) is 2.02. The Morgan fingerprint density at radius 3 is 2.71 bits per heavy atom. The number of hydrogen-bond acceptors (Lipinski definition) is 4. The van der Waals surface area contributed by atoms with Gasteiger partial charge in [-0.15, -0.1) is 0 Å². The predicted octanol–water partition coefficient (Wildman–Crippen LogP) is 1.75. The first-order valence-corrected chi connectivity index (χ1v) is 4.91. The van der Waals surface area contributed by atoms with E-state index in [1.54, 1.807) is 24.3 Å². The summed E-state index contributed by atoms with van der Waals surface area (Å²) in [7, 11) is 0. The van der Waals surface area contributed by atoms with Gasteiger partial charge in [0.15, 0.2) is 5.76 Å². The van der Waals surface area contributed by atoms with E-state index in [2.05, 4.69) is 10.5 Å². The predicted molar refractivity (Wildman–Crippen MR) is 61.9 cm³/mol. The molecule has 0 fully saturated rings. The Hall–Kier alpha value is -2.56. The topological polar surface area (TPSA) is 74.8 Å². The average Bonchev–Trinajstić information content (AvgIpc) is 2.85. The SMILES string of the molecule is O=C(NN=Cc1ccc(O)cc1)c1ccco1. The van der Waals surface area contributed by atoms with E-state index in [-0.39, 0.29) is 11.5 Å². The molecule has 0 atom stereocenters. The fourth-order valence-corrected chi connectivity index (χ4v) is 1.19. The number of hydrogen-bond donors (Lipinski definition) is 2. The highest BCUT2D eigenvalue weighted by Crippen LogP contribution is 2.07. The first kappa shape index (κ1) is 10.9. The fourth-order valence-electron chi connectivity index (χ4n) is 1.19. The van der Waals surface area contributed by atoms with Gasteiger partial charge in [-0.2, -0.15) is 5.10 Å². The number of rotatable bonds is 3. The van der Waals surface area contributed by atoms with Crippen LogP contribution in [0.5, 0.6) is 5.75 Å². The molecule has 2 aromatic rings. The highest BCUT2D eigenvalue weighted by atomic mass is 16.3. The van der Waals surface area contributed by atoms with Gasteiger partial charge in [-0.05, 0) is 42.0 Å². The molecule has 0 aliphatic carbocycles. The summed E-state index contributed by atoms with van der Waals surface area (Å²) in [5.74, 6) is -0.0281. The molecule has 0 saturated carbocycles. The smallest absolute Gasteiger partial charge is 0.307 e. The van der Waals surface area contributed by atoms with Gasteiger partial charge in [0.05, 0.1) is 12.5 Å². The second-order valence-corrected chi connectivity index (χ2v) is 3.27. The Morgan fingerprint density at radius 1 is 1.29 bits per heavy atom. The Labute approximate surface area is 97.4 Å². The molecule has 1 aromatic heterocycles. The van der Waals surface area contributed by atoms with Crippen molar-refractivity contribution in [2.24, 2.45) is 5.10 Å². The molecule has 1 amide bonds. The van der Waals surface area contributed by atoms with Crippen LogP contribution in [0.15, 0.2) is 52.2 Å². The number of nitrogens with zero attached hydrogens (tertiary/aromatic N) is 1. The number of furan rings is 1. The van der Waals surface area contributed by atoms with E-state index in [0.717, 1.165) is 5.56 Å². The van der Waals surface area contributed by atoms with E-state index in [9.17, 15) is 4.79 Å². The summed E-state index contributed by atoms with van der Waals surface area (Å²) in [5.41, 5.74) is 3.09. The van der Waals surface area contributed by atoms with E-state index in [4.69, 9.17) is 9.52 Å². The fraction of sp³-hybridized carbons (Fsp3) is 0. The van der Waals surface area contributed by atoms with Crippen LogP contribution in [0.4, 0.5) is 0 Å². The first-order chi connectivity index (χ1) is 8.25. The van der Waals surface area contributed by atoms with Gasteiger partial charge in [-0.25, -0.2) is 5.43 Å². The Morgan fingerprint density at radius 2 is 2.06 bits per heavy atom. The van der Waals surface area contributed by atoms with Gasteiger partial charge in [0, 0.05) is 0 Å². The molecule has 5 heteroatoms. The number of benzene rings is 1. The Bertz CT molecular complexity index is 515. The number of phenols is 1. The maximum absolute atomic E-state index is 11.4. The summed E-state index contributed by atoms with van der Waals surface area (Å²) < 4.78 is 4.89. The summed E-state index contributed by atoms with van der Waals surface area (Å²) in [5, 5.41) is 12.8. The lowest BCUT2D eigenvalue weighted by Crippen LogP contribution is -2.16. The second-order valence-electron chi connectivity index (χ2n) is 3.27. The van der Waals surface area contributed by atoms with Crippen LogP contribution < -0.4 is 5.43 Å². The molecule has 0 bridgehead atoms. The van der Waals surface area contributed by atoms with Crippen LogP contribution in [0.2, 0.25) is 0 Å². The Kier molecular flexibility index (Phi) is 3.20. The zero-order valence-electron chi connectivity index (χ0n) is 8.83. The van der Waals surface area contributed by atoms with Crippen LogP contribution in [-0.2, 0) is 0 Å². The van der Waals surface area contributed by atoms with E-state index in [0.29, 0.717) is 0 Å². The molecule has 17 heavy (non-hydrogen) atoms. The lowest BCUT2D eigenvalue weighted by molar-refractivity contribution is 0.0927. The van der Waals surface area contributed by atoms with Crippen molar-refractivity contribution in [1.82, 2.24) is 5.43 Å². The van der Waals surface area contributed by atoms with Crippen molar-refractivity contribution in [3.63, 3.8) is 0 Å². The minimum absolute atomic E-state index is 0.182. The molecular weight excluding hydrogens is 220 g/mol. The number of hydrazone groups is 1. The standard InChI is InChI=1S/C12H10N2O3/c15-10-5-3-9(4-6-10)8-13-14-12(16)11-2-1-7-17-11/h1-8,15H,(H,14,16). The van der Waals surface area contributed by atoms with Crippen molar-refractivity contribution in [2.45, 2.75) is 0 Å². The third-order valence-electron chi connectivity index (χ3n) is 2.02. The normalized spacial score (nSPS) is 10.6. The monoisotopic (exact) mass is 230 g/mol. The number of nitrogens with one attached hydrogen (secondary N) is 1. The molecular formula is C12H10N2O3. The molecule has 5 nitrogen and oxygen atoms in total. The van der Waals surface area contributed by atoms with Gasteiger partial charge in [0.1, 0.15) is 5.75 Å². The summed E-state index contributed by atoms with van der Waals surface area (Å²) in [6.45, 7) is 0. The van der Waals surface area contributed by atoms with Gasteiger partial charge >= 0.3 is 5.91 Å². The van der Waals surface area contributed by atoms with E-state index < -0.39 is 5.91 Å². The van der Waals surface area contributed by atoms with E-state index in [1.165, 1.54) is 24.6 Å². The largest absolute Gasteiger partial charge is 0.508 e. The molecule has 0 spiro atoms. The summed E-state index contributed by atoms with van der Waals surface area (Å²) in [6, 6.07) is 9.60. The lowest BCUT2D eigenvalue weighted by atomic mass is 10.2. The number of carbonyl (C=O) groups excluding carboxylic acids is 1. The highest BCUT2D eigenvalue weighted by Gasteiger charge is 2.05. The molecule has 0 saturated heterocycles. The van der Waals surface area contributed by atoms with Crippen molar-refractivity contribution < 1.29 is 14.3 Å². The van der Waals surface area contributed by atoms with Gasteiger partial charge in [0.25, 0.3) is 0 Å². The molecule has 0 aliphatic rings. The van der Waals surface area contributed by atoms with Crippen LogP contribution in [0.3, 0.4) is 0 Å². The molecule has 2 rings (SSSR count). The minimum atomic E-state index is -0.412. The maximum Gasteiger partial charge on any atom is 0.307 e. The van der Waals surface area contributed by atoms with Crippen molar-refractivity contribution in [1.29, 1.82) is 0 Å². The van der Waals surface area contributed by atoms with Gasteiger partial charge in [-0.1, -0.05) is 0 Å². The Balaban J connectivity index is 1.94. The quantitative estimate of drug-likeness (QED) is 0.623. The van der Waals surface area contributed by atoms with Crippen LogP contribution in [0.1, 0.15) is 16.1 Å². The maximum atomic E-state index is 11.4. The summed E-state index contributed by atoms with van der Waals surface area (Å²) >= 11 is 0. The first-order valence-electron chi connectivity index (χ1n) is 4.91. The van der Waals surface area contributed by atoms with Crippen LogP contribution in [0.25, 0.3) is 0 Å². The number of carbonyl (C=O) groups is 1. The molecule has 86 valence electrons. The molecule has 2 N–H and O–H groups in total. The molecule has 0 aliphatic heterocycles. The number of amides is 1. The zero-order valence-corrected chi connectivity index (χ0v) is 8.83. The van der Waals surface area contributed by atoms with Gasteiger partial charge in [0.2, 0.25) is 0 Å². The van der Waals surface area contributed by atoms with Gasteiger partial charge in [-0.3, -0.25) is 4.79 Å². The molecule has 1 aromatic carbocycles. The van der Waals surface area contributed by atoms with Crippen molar-refractivity contribution >= 4 is 12.1 Å². The molecule has 1 heterocycles. The van der Waals surface area contributed by atoms with Crippen LogP contribution >= 0.6 is 0 Å². The average molecular weight is 230 g/mol. The molecule has 0 unspecified atom stereocenters. The second kappa shape index (κ2) is 4.98. The van der Waals surface area contributed by atoms with Crippen molar-refractivity contribution in [3.05, 3.63) is 54.0 Å². The van der Waals surface area contributed by atoms with Crippen molar-refractivity contribution in [2.75, 3.05) is 0 Å². The minimum Gasteiger partial charge on any atom is -0.508 e. The summed E-state index contributed by atoms with van der Waals surface area (Å²) in [4.78, 5) is 11.4. The zero-order chi connectivity index (χ0) is 12.1. The lowest BCUT2D eigenvalue weighted by Gasteiger charge is -1.95. The highest BCUT2D eigenvalue weighted by molar-refractivity contribution is 5.92. The third kappa shape index (κ3) is 2.94. The van der Waals surface area contributed by atoms with Crippen LogP contribution in [0, 0.1) is 0 Å². The number of aromatic hydroxyl groups is 1. The van der Waals surface area contributed by atoms with E-state index in [1.807, 2.05) is 0 Å². The summed E-state index contributed by atoms with van der Waals surface area (Å²) in [6.07, 6.45) is 2.89. The number of phenolic OH excluding ortho intramolecular Hbond substituents is 1. The van der Waals surface area contributed by atoms with Gasteiger partial charge < -0.3 is 9.52 Å². The van der Waals surface area contributed by atoms with Crippen molar-refractivity contribution in [3.8, 4) is 5.75 Å². The van der Waals surface area contributed by atoms with E-state index >= 15 is 0 Å². The molecule has 0 radical (unpaired) electrons. The van der Waals surface area contributed by atoms with Crippen LogP contribution in [-0.4, -0.2) is 17.2 Å².